The Morgan fingerprint density at radius 3 is 2.79 bits per heavy atom. The number of hydrogen-bond donors (Lipinski definition) is 1. The van der Waals surface area contributed by atoms with Crippen molar-refractivity contribution in [2.45, 2.75) is 13.1 Å². The average Bonchev–Trinajstić information content (AvgIpc) is 3.11. The zero-order valence-corrected chi connectivity index (χ0v) is 11.0. The van der Waals surface area contributed by atoms with E-state index in [9.17, 15) is 0 Å². The molecular weight excluding hydrogens is 258 g/mol. The second-order valence-corrected chi connectivity index (χ2v) is 4.76. The van der Waals surface area contributed by atoms with Crippen molar-refractivity contribution in [3.63, 3.8) is 0 Å². The molecule has 0 saturated carbocycles. The predicted molar refractivity (Wildman–Crippen MR) is 75.0 cm³/mol. The quantitative estimate of drug-likeness (QED) is 0.774. The third-order valence-corrected chi connectivity index (χ3v) is 3.29. The lowest BCUT2D eigenvalue weighted by Crippen LogP contribution is -2.02. The lowest BCUT2D eigenvalue weighted by Gasteiger charge is -2.06. The SMILES string of the molecule is c1cnn(Cc2ccc(NCc3csnn3)cc2)c1. The molecule has 0 aliphatic carbocycles. The summed E-state index contributed by atoms with van der Waals surface area (Å²) in [5.74, 6) is 0. The van der Waals surface area contributed by atoms with E-state index in [1.807, 2.05) is 22.3 Å². The van der Waals surface area contributed by atoms with Crippen molar-refractivity contribution < 1.29 is 0 Å². The van der Waals surface area contributed by atoms with Crippen LogP contribution in [0, 0.1) is 0 Å². The van der Waals surface area contributed by atoms with Crippen molar-refractivity contribution in [3.8, 4) is 0 Å². The third kappa shape index (κ3) is 3.17. The second kappa shape index (κ2) is 5.62. The molecule has 0 bridgehead atoms. The fraction of sp³-hybridized carbons (Fsp3) is 0.154. The lowest BCUT2D eigenvalue weighted by molar-refractivity contribution is 0.687. The highest BCUT2D eigenvalue weighted by molar-refractivity contribution is 7.03. The molecule has 2 heterocycles. The first kappa shape index (κ1) is 11.9. The van der Waals surface area contributed by atoms with E-state index in [0.717, 1.165) is 17.9 Å². The number of hydrogen-bond acceptors (Lipinski definition) is 5. The number of nitrogens with one attached hydrogen (secondary N) is 1. The molecule has 0 aliphatic rings. The normalized spacial score (nSPS) is 10.5. The lowest BCUT2D eigenvalue weighted by atomic mass is 10.2. The van der Waals surface area contributed by atoms with E-state index in [2.05, 4.69) is 44.3 Å². The van der Waals surface area contributed by atoms with Gasteiger partial charge in [-0.1, -0.05) is 16.6 Å². The van der Waals surface area contributed by atoms with E-state index >= 15 is 0 Å². The van der Waals surface area contributed by atoms with Crippen molar-refractivity contribution in [2.24, 2.45) is 0 Å². The van der Waals surface area contributed by atoms with Gasteiger partial charge in [0.05, 0.1) is 18.8 Å². The van der Waals surface area contributed by atoms with Crippen molar-refractivity contribution in [2.75, 3.05) is 5.32 Å². The van der Waals surface area contributed by atoms with Gasteiger partial charge in [0.25, 0.3) is 0 Å². The molecule has 0 spiro atoms. The van der Waals surface area contributed by atoms with Crippen LogP contribution in [0.25, 0.3) is 0 Å². The van der Waals surface area contributed by atoms with Crippen LogP contribution in [0.5, 0.6) is 0 Å². The van der Waals surface area contributed by atoms with E-state index < -0.39 is 0 Å². The molecule has 0 fully saturated rings. The van der Waals surface area contributed by atoms with Crippen LogP contribution in [0.3, 0.4) is 0 Å². The molecule has 3 rings (SSSR count). The highest BCUT2D eigenvalue weighted by Crippen LogP contribution is 2.11. The number of benzene rings is 1. The van der Waals surface area contributed by atoms with Crippen LogP contribution in [0.15, 0.2) is 48.1 Å². The van der Waals surface area contributed by atoms with Gasteiger partial charge in [-0.15, -0.1) is 5.10 Å². The van der Waals surface area contributed by atoms with Gasteiger partial charge in [-0.2, -0.15) is 5.10 Å². The highest BCUT2D eigenvalue weighted by Gasteiger charge is 1.98. The van der Waals surface area contributed by atoms with Gasteiger partial charge in [-0.05, 0) is 35.3 Å². The van der Waals surface area contributed by atoms with Gasteiger partial charge < -0.3 is 5.32 Å². The molecule has 0 atom stereocenters. The Bertz CT molecular complexity index is 601. The van der Waals surface area contributed by atoms with Crippen molar-refractivity contribution in [3.05, 3.63) is 59.4 Å². The fourth-order valence-corrected chi connectivity index (χ4v) is 2.21. The molecule has 5 nitrogen and oxygen atoms in total. The predicted octanol–water partition coefficient (Wildman–Crippen LogP) is 2.40. The maximum atomic E-state index is 4.19. The summed E-state index contributed by atoms with van der Waals surface area (Å²) in [5, 5.41) is 13.4. The Kier molecular flexibility index (Phi) is 3.51. The summed E-state index contributed by atoms with van der Waals surface area (Å²) in [6.45, 7) is 1.50. The van der Waals surface area contributed by atoms with Crippen LogP contribution < -0.4 is 5.32 Å². The third-order valence-electron chi connectivity index (χ3n) is 2.74. The Hall–Kier alpha value is -2.21. The van der Waals surface area contributed by atoms with E-state index in [-0.39, 0.29) is 0 Å². The molecule has 0 unspecified atom stereocenters. The number of anilines is 1. The van der Waals surface area contributed by atoms with Crippen LogP contribution in [0.2, 0.25) is 0 Å². The van der Waals surface area contributed by atoms with E-state index in [1.54, 1.807) is 6.20 Å². The molecule has 0 amide bonds. The van der Waals surface area contributed by atoms with Gasteiger partial charge in [-0.3, -0.25) is 4.68 Å². The van der Waals surface area contributed by atoms with Crippen LogP contribution in [-0.4, -0.2) is 19.4 Å². The molecule has 0 aliphatic heterocycles. The van der Waals surface area contributed by atoms with Crippen LogP contribution in [0.4, 0.5) is 5.69 Å². The van der Waals surface area contributed by atoms with Gasteiger partial charge in [0, 0.05) is 23.5 Å². The molecule has 0 saturated heterocycles. The first-order valence-corrected chi connectivity index (χ1v) is 6.80. The summed E-state index contributed by atoms with van der Waals surface area (Å²) in [4.78, 5) is 0. The largest absolute Gasteiger partial charge is 0.379 e. The Morgan fingerprint density at radius 1 is 1.21 bits per heavy atom. The Labute approximate surface area is 115 Å². The smallest absolute Gasteiger partial charge is 0.0946 e. The van der Waals surface area contributed by atoms with Crippen molar-refractivity contribution in [1.29, 1.82) is 0 Å². The van der Waals surface area contributed by atoms with Gasteiger partial charge >= 0.3 is 0 Å². The molecule has 96 valence electrons. The summed E-state index contributed by atoms with van der Waals surface area (Å²) in [5.41, 5.74) is 3.27. The fourth-order valence-electron chi connectivity index (χ4n) is 1.76. The maximum Gasteiger partial charge on any atom is 0.0946 e. The average molecular weight is 271 g/mol. The highest BCUT2D eigenvalue weighted by atomic mass is 32.1. The van der Waals surface area contributed by atoms with Crippen LogP contribution in [0.1, 0.15) is 11.3 Å². The summed E-state index contributed by atoms with van der Waals surface area (Å²) in [7, 11) is 0. The van der Waals surface area contributed by atoms with Crippen LogP contribution in [-0.2, 0) is 13.1 Å². The second-order valence-electron chi connectivity index (χ2n) is 4.15. The first-order valence-electron chi connectivity index (χ1n) is 5.96. The monoisotopic (exact) mass is 271 g/mol. The Morgan fingerprint density at radius 2 is 2.11 bits per heavy atom. The molecule has 3 aromatic rings. The summed E-state index contributed by atoms with van der Waals surface area (Å²) in [6.07, 6.45) is 3.75. The minimum atomic E-state index is 0.703. The number of aromatic nitrogens is 4. The molecule has 2 aromatic heterocycles. The molecule has 19 heavy (non-hydrogen) atoms. The number of nitrogens with zero attached hydrogens (tertiary/aromatic N) is 4. The van der Waals surface area contributed by atoms with Gasteiger partial charge in [0.1, 0.15) is 0 Å². The zero-order valence-electron chi connectivity index (χ0n) is 10.2. The standard InChI is InChI=1S/C13H13N5S/c1-6-15-18(7-1)9-11-2-4-12(5-3-11)14-8-13-10-19-17-16-13/h1-7,10,14H,8-9H2. The van der Waals surface area contributed by atoms with Crippen molar-refractivity contribution in [1.82, 2.24) is 19.4 Å². The zero-order chi connectivity index (χ0) is 12.9. The van der Waals surface area contributed by atoms with E-state index in [1.165, 1.54) is 17.1 Å². The van der Waals surface area contributed by atoms with E-state index in [4.69, 9.17) is 0 Å². The summed E-state index contributed by atoms with van der Waals surface area (Å²) < 4.78 is 5.74. The first-order chi connectivity index (χ1) is 9.40. The van der Waals surface area contributed by atoms with Gasteiger partial charge in [-0.25, -0.2) is 0 Å². The minimum Gasteiger partial charge on any atom is -0.379 e. The minimum absolute atomic E-state index is 0.703. The summed E-state index contributed by atoms with van der Waals surface area (Å²) >= 11 is 1.37. The van der Waals surface area contributed by atoms with Crippen molar-refractivity contribution >= 4 is 17.2 Å². The van der Waals surface area contributed by atoms with Crippen LogP contribution >= 0.6 is 11.5 Å². The van der Waals surface area contributed by atoms with E-state index in [0.29, 0.717) is 6.54 Å². The molecule has 1 aromatic carbocycles. The molecular formula is C13H13N5S. The van der Waals surface area contributed by atoms with Gasteiger partial charge in [0.15, 0.2) is 0 Å². The number of rotatable bonds is 5. The van der Waals surface area contributed by atoms with Gasteiger partial charge in [0.2, 0.25) is 0 Å². The molecule has 1 N–H and O–H groups in total. The Balaban J connectivity index is 1.59. The maximum absolute atomic E-state index is 4.19. The molecule has 6 heteroatoms. The topological polar surface area (TPSA) is 55.6 Å². The summed E-state index contributed by atoms with van der Waals surface area (Å²) in [6, 6.07) is 10.3. The molecule has 0 radical (unpaired) electrons.